The Morgan fingerprint density at radius 1 is 1.24 bits per heavy atom. The Bertz CT molecular complexity index is 401. The number of rotatable bonds is 6. The van der Waals surface area contributed by atoms with Gasteiger partial charge in [0.15, 0.2) is 0 Å². The van der Waals surface area contributed by atoms with Crippen molar-refractivity contribution in [1.82, 2.24) is 0 Å². The summed E-state index contributed by atoms with van der Waals surface area (Å²) >= 11 is 1.73. The van der Waals surface area contributed by atoms with Crippen LogP contribution in [-0.4, -0.2) is 22.6 Å². The maximum absolute atomic E-state index is 10.3. The summed E-state index contributed by atoms with van der Waals surface area (Å²) in [5.41, 5.74) is 4.44. The van der Waals surface area contributed by atoms with Crippen molar-refractivity contribution in [3.8, 4) is 0 Å². The summed E-state index contributed by atoms with van der Waals surface area (Å²) in [6, 6.07) is 6.82. The maximum atomic E-state index is 10.3. The molecule has 1 aromatic rings. The van der Waals surface area contributed by atoms with Crippen molar-refractivity contribution in [2.45, 2.75) is 32.1 Å². The average molecular weight is 250 g/mol. The van der Waals surface area contributed by atoms with Gasteiger partial charge in [-0.25, -0.2) is 0 Å². The highest BCUT2D eigenvalue weighted by Gasteiger charge is 2.10. The fourth-order valence-electron chi connectivity index (χ4n) is 2.23. The molecule has 0 saturated heterocycles. The molecule has 0 heterocycles. The fraction of sp³-hybridized carbons (Fsp3) is 0.500. The third kappa shape index (κ3) is 3.77. The molecule has 0 saturated carbocycles. The predicted molar refractivity (Wildman–Crippen MR) is 71.7 cm³/mol. The van der Waals surface area contributed by atoms with E-state index in [9.17, 15) is 4.79 Å². The van der Waals surface area contributed by atoms with Gasteiger partial charge in [0.25, 0.3) is 0 Å². The van der Waals surface area contributed by atoms with Crippen LogP contribution in [0.5, 0.6) is 0 Å². The monoisotopic (exact) mass is 250 g/mol. The molecule has 3 heteroatoms. The van der Waals surface area contributed by atoms with Gasteiger partial charge in [-0.15, -0.1) is 0 Å². The van der Waals surface area contributed by atoms with Gasteiger partial charge in [-0.3, -0.25) is 4.79 Å². The highest BCUT2D eigenvalue weighted by Crippen LogP contribution is 2.23. The second-order valence-electron chi connectivity index (χ2n) is 4.46. The molecule has 2 rings (SSSR count). The van der Waals surface area contributed by atoms with Gasteiger partial charge >= 0.3 is 5.97 Å². The van der Waals surface area contributed by atoms with E-state index < -0.39 is 5.97 Å². The number of benzene rings is 1. The topological polar surface area (TPSA) is 37.3 Å². The highest BCUT2D eigenvalue weighted by atomic mass is 32.2. The smallest absolute Gasteiger partial charge is 0.304 e. The molecule has 1 aliphatic rings. The van der Waals surface area contributed by atoms with Crippen molar-refractivity contribution in [3.05, 3.63) is 34.9 Å². The minimum absolute atomic E-state index is 0.273. The Balaban J connectivity index is 1.74. The van der Waals surface area contributed by atoms with E-state index in [2.05, 4.69) is 18.2 Å². The Morgan fingerprint density at radius 2 is 2.06 bits per heavy atom. The fourth-order valence-corrected chi connectivity index (χ4v) is 3.14. The second-order valence-corrected chi connectivity index (χ2v) is 5.69. The second kappa shape index (κ2) is 6.10. The van der Waals surface area contributed by atoms with Gasteiger partial charge in [0.1, 0.15) is 0 Å². The Labute approximate surface area is 106 Å². The minimum atomic E-state index is -0.699. The predicted octanol–water partition coefficient (Wildman–Crippen LogP) is 2.93. The lowest BCUT2D eigenvalue weighted by atomic mass is 10.1. The zero-order chi connectivity index (χ0) is 12.1. The van der Waals surface area contributed by atoms with E-state index in [-0.39, 0.29) is 6.42 Å². The van der Waals surface area contributed by atoms with Gasteiger partial charge in [0, 0.05) is 5.75 Å². The number of carboxylic acid groups (broad SMARTS) is 1. The lowest BCUT2D eigenvalue weighted by molar-refractivity contribution is -0.136. The quantitative estimate of drug-likeness (QED) is 0.789. The number of fused-ring (bicyclic) bond motifs is 1. The van der Waals surface area contributed by atoms with Crippen LogP contribution in [0.1, 0.15) is 29.5 Å². The van der Waals surface area contributed by atoms with E-state index in [1.54, 1.807) is 11.8 Å². The van der Waals surface area contributed by atoms with Crippen LogP contribution in [0.15, 0.2) is 18.2 Å². The number of hydrogen-bond donors (Lipinski definition) is 1. The van der Waals surface area contributed by atoms with E-state index in [0.29, 0.717) is 0 Å². The molecule has 1 aromatic carbocycles. The Hall–Kier alpha value is -0.960. The molecule has 0 fully saturated rings. The first-order valence-electron chi connectivity index (χ1n) is 6.16. The minimum Gasteiger partial charge on any atom is -0.481 e. The SMILES string of the molecule is O=C(O)CCSCCc1ccc2c(c1)CCC2. The number of aryl methyl sites for hydroxylation is 3. The van der Waals surface area contributed by atoms with Crippen LogP contribution in [0.25, 0.3) is 0 Å². The van der Waals surface area contributed by atoms with Gasteiger partial charge in [0.2, 0.25) is 0 Å². The molecule has 1 aliphatic carbocycles. The van der Waals surface area contributed by atoms with Crippen LogP contribution in [0.4, 0.5) is 0 Å². The largest absolute Gasteiger partial charge is 0.481 e. The van der Waals surface area contributed by atoms with Gasteiger partial charge in [-0.05, 0) is 48.1 Å². The lowest BCUT2D eigenvalue weighted by Crippen LogP contribution is -1.98. The molecule has 0 atom stereocenters. The molecular weight excluding hydrogens is 232 g/mol. The zero-order valence-electron chi connectivity index (χ0n) is 9.95. The molecule has 17 heavy (non-hydrogen) atoms. The zero-order valence-corrected chi connectivity index (χ0v) is 10.8. The Kier molecular flexibility index (Phi) is 4.49. The van der Waals surface area contributed by atoms with Crippen molar-refractivity contribution >= 4 is 17.7 Å². The average Bonchev–Trinajstić information content (AvgIpc) is 2.75. The molecule has 0 radical (unpaired) electrons. The van der Waals surface area contributed by atoms with Gasteiger partial charge in [0.05, 0.1) is 6.42 Å². The van der Waals surface area contributed by atoms with E-state index in [1.165, 1.54) is 36.0 Å². The summed E-state index contributed by atoms with van der Waals surface area (Å²) in [6.07, 6.45) is 5.09. The molecule has 2 nitrogen and oxygen atoms in total. The summed E-state index contributed by atoms with van der Waals surface area (Å²) in [4.78, 5) is 10.3. The van der Waals surface area contributed by atoms with E-state index in [1.807, 2.05) is 0 Å². The number of hydrogen-bond acceptors (Lipinski definition) is 2. The Morgan fingerprint density at radius 3 is 2.88 bits per heavy atom. The summed E-state index contributed by atoms with van der Waals surface area (Å²) in [7, 11) is 0. The first kappa shape index (κ1) is 12.5. The van der Waals surface area contributed by atoms with E-state index in [4.69, 9.17) is 5.11 Å². The van der Waals surface area contributed by atoms with Crippen LogP contribution in [0, 0.1) is 0 Å². The number of carboxylic acids is 1. The van der Waals surface area contributed by atoms with Crippen LogP contribution in [-0.2, 0) is 24.1 Å². The number of carbonyl (C=O) groups is 1. The molecule has 0 unspecified atom stereocenters. The molecule has 1 N–H and O–H groups in total. The van der Waals surface area contributed by atoms with Crippen molar-refractivity contribution in [2.24, 2.45) is 0 Å². The molecule has 0 spiro atoms. The molecule has 0 bridgehead atoms. The third-order valence-electron chi connectivity index (χ3n) is 3.16. The highest BCUT2D eigenvalue weighted by molar-refractivity contribution is 7.99. The van der Waals surface area contributed by atoms with Crippen molar-refractivity contribution < 1.29 is 9.90 Å². The number of aliphatic carboxylic acids is 1. The summed E-state index contributed by atoms with van der Waals surface area (Å²) in [5.74, 6) is 1.04. The van der Waals surface area contributed by atoms with Gasteiger partial charge in [-0.2, -0.15) is 11.8 Å². The number of thioether (sulfide) groups is 1. The maximum Gasteiger partial charge on any atom is 0.304 e. The first-order valence-corrected chi connectivity index (χ1v) is 7.31. The van der Waals surface area contributed by atoms with E-state index >= 15 is 0 Å². The normalized spacial score (nSPS) is 13.6. The summed E-state index contributed by atoms with van der Waals surface area (Å²) in [5, 5.41) is 8.52. The van der Waals surface area contributed by atoms with Gasteiger partial charge < -0.3 is 5.11 Å². The molecular formula is C14H18O2S. The molecule has 92 valence electrons. The standard InChI is InChI=1S/C14H18O2S/c15-14(16)7-9-17-8-6-11-4-5-12-2-1-3-13(12)10-11/h4-5,10H,1-3,6-9H2,(H,15,16). The van der Waals surface area contributed by atoms with Crippen molar-refractivity contribution in [2.75, 3.05) is 11.5 Å². The summed E-state index contributed by atoms with van der Waals surface area (Å²) in [6.45, 7) is 0. The van der Waals surface area contributed by atoms with Crippen LogP contribution < -0.4 is 0 Å². The first-order chi connectivity index (χ1) is 8.25. The van der Waals surface area contributed by atoms with Crippen LogP contribution in [0.2, 0.25) is 0 Å². The summed E-state index contributed by atoms with van der Waals surface area (Å²) < 4.78 is 0. The van der Waals surface area contributed by atoms with E-state index in [0.717, 1.165) is 17.9 Å². The van der Waals surface area contributed by atoms with Crippen molar-refractivity contribution in [3.63, 3.8) is 0 Å². The van der Waals surface area contributed by atoms with Crippen LogP contribution >= 0.6 is 11.8 Å². The lowest BCUT2D eigenvalue weighted by Gasteiger charge is -2.04. The van der Waals surface area contributed by atoms with Crippen molar-refractivity contribution in [1.29, 1.82) is 0 Å². The van der Waals surface area contributed by atoms with Crippen LogP contribution in [0.3, 0.4) is 0 Å². The molecule has 0 amide bonds. The molecule has 0 aliphatic heterocycles. The molecule has 0 aromatic heterocycles. The third-order valence-corrected chi connectivity index (χ3v) is 4.14. The van der Waals surface area contributed by atoms with Gasteiger partial charge in [-0.1, -0.05) is 18.2 Å².